The van der Waals surface area contributed by atoms with Crippen molar-refractivity contribution >= 4 is 17.2 Å². The van der Waals surface area contributed by atoms with Crippen molar-refractivity contribution < 1.29 is 15.0 Å². The number of hydrogen-bond donors (Lipinski definition) is 3. The van der Waals surface area contributed by atoms with E-state index in [4.69, 9.17) is 0 Å². The number of phenolic OH excluding ortho intramolecular Hbond substituents is 2. The van der Waals surface area contributed by atoms with Crippen molar-refractivity contribution in [2.24, 2.45) is 4.99 Å². The molecule has 0 fully saturated rings. The Morgan fingerprint density at radius 1 is 1.12 bits per heavy atom. The van der Waals surface area contributed by atoms with Gasteiger partial charge in [-0.05, 0) is 44.0 Å². The summed E-state index contributed by atoms with van der Waals surface area (Å²) < 4.78 is 0. The van der Waals surface area contributed by atoms with E-state index in [1.54, 1.807) is 13.0 Å². The maximum Gasteiger partial charge on any atom is 0.176 e. The fraction of sp³-hybridized carbons (Fsp3) is 0.333. The van der Waals surface area contributed by atoms with Gasteiger partial charge in [0.25, 0.3) is 0 Å². The third kappa shape index (κ3) is 4.63. The number of aliphatic imine (C=N–C) groups is 1. The molecule has 0 aliphatic carbocycles. The van der Waals surface area contributed by atoms with Gasteiger partial charge in [-0.25, -0.2) is 0 Å². The zero-order valence-corrected chi connectivity index (χ0v) is 15.5. The molecule has 5 heteroatoms. The summed E-state index contributed by atoms with van der Waals surface area (Å²) in [7, 11) is 0. The van der Waals surface area contributed by atoms with Crippen molar-refractivity contribution in [3.05, 3.63) is 53.6 Å². The number of ketones is 1. The highest BCUT2D eigenvalue weighted by atomic mass is 16.3. The Balaban J connectivity index is 2.14. The average Bonchev–Trinajstić information content (AvgIpc) is 2.66. The molecule has 3 N–H and O–H groups in total. The topological polar surface area (TPSA) is 81.9 Å². The first-order chi connectivity index (χ1) is 12.5. The maximum atomic E-state index is 12.6. The van der Waals surface area contributed by atoms with Crippen LogP contribution in [0, 0.1) is 6.92 Å². The normalized spacial score (nSPS) is 12.7. The highest BCUT2D eigenvalue weighted by Crippen LogP contribution is 2.30. The van der Waals surface area contributed by atoms with Gasteiger partial charge in [-0.2, -0.15) is 0 Å². The summed E-state index contributed by atoms with van der Waals surface area (Å²) in [4.78, 5) is 17.0. The van der Waals surface area contributed by atoms with E-state index >= 15 is 0 Å². The van der Waals surface area contributed by atoms with E-state index in [-0.39, 0.29) is 29.9 Å². The molecule has 5 nitrogen and oxygen atoms in total. The number of carbonyl (C=O) groups is 1. The van der Waals surface area contributed by atoms with Crippen LogP contribution in [-0.4, -0.2) is 34.3 Å². The van der Waals surface area contributed by atoms with Crippen LogP contribution in [0.2, 0.25) is 0 Å². The zero-order chi connectivity index (χ0) is 19.1. The Kier molecular flexibility index (Phi) is 6.78. The smallest absolute Gasteiger partial charge is 0.176 e. The quantitative estimate of drug-likeness (QED) is 0.624. The van der Waals surface area contributed by atoms with Crippen LogP contribution < -0.4 is 5.32 Å². The number of carbonyl (C=O) groups excluding carboxylic acids is 1. The molecule has 2 rings (SSSR count). The Morgan fingerprint density at radius 2 is 1.81 bits per heavy atom. The lowest BCUT2D eigenvalue weighted by Crippen LogP contribution is -2.31. The summed E-state index contributed by atoms with van der Waals surface area (Å²) in [5.41, 5.74) is 2.51. The van der Waals surface area contributed by atoms with Crippen molar-refractivity contribution in [1.29, 1.82) is 0 Å². The largest absolute Gasteiger partial charge is 0.508 e. The van der Waals surface area contributed by atoms with Crippen LogP contribution in [0.15, 0.2) is 47.5 Å². The van der Waals surface area contributed by atoms with Gasteiger partial charge in [0.2, 0.25) is 0 Å². The first-order valence-corrected chi connectivity index (χ1v) is 8.87. The van der Waals surface area contributed by atoms with Gasteiger partial charge in [-0.1, -0.05) is 32.0 Å². The first-order valence-electron chi connectivity index (χ1n) is 8.87. The Bertz CT molecular complexity index is 785. The van der Waals surface area contributed by atoms with Crippen molar-refractivity contribution in [2.75, 3.05) is 11.9 Å². The number of Topliss-reactive ketones (excluding diaryl/α,β-unsaturated/α-hetero) is 1. The molecule has 1 unspecified atom stereocenters. The minimum atomic E-state index is -0.311. The third-order valence-corrected chi connectivity index (χ3v) is 4.39. The summed E-state index contributed by atoms with van der Waals surface area (Å²) in [5, 5.41) is 23.2. The molecule has 1 atom stereocenters. The molecule has 0 spiro atoms. The van der Waals surface area contributed by atoms with Crippen LogP contribution in [0.5, 0.6) is 11.5 Å². The molecule has 0 aliphatic heterocycles. The van der Waals surface area contributed by atoms with Crippen molar-refractivity contribution in [1.82, 2.24) is 0 Å². The molecule has 0 heterocycles. The van der Waals surface area contributed by atoms with Gasteiger partial charge < -0.3 is 15.5 Å². The van der Waals surface area contributed by atoms with Crippen LogP contribution in [-0.2, 0) is 4.79 Å². The third-order valence-electron chi connectivity index (χ3n) is 4.39. The molecular weight excluding hydrogens is 328 g/mol. The van der Waals surface area contributed by atoms with E-state index in [1.807, 2.05) is 44.2 Å². The maximum absolute atomic E-state index is 12.6. The van der Waals surface area contributed by atoms with Gasteiger partial charge in [0.15, 0.2) is 5.78 Å². The van der Waals surface area contributed by atoms with E-state index in [9.17, 15) is 15.0 Å². The van der Waals surface area contributed by atoms with Crippen LogP contribution >= 0.6 is 0 Å². The molecular formula is C21H26N2O3. The van der Waals surface area contributed by atoms with Gasteiger partial charge in [0.1, 0.15) is 18.0 Å². The Morgan fingerprint density at radius 3 is 2.42 bits per heavy atom. The van der Waals surface area contributed by atoms with Gasteiger partial charge in [-0.3, -0.25) is 9.79 Å². The molecule has 26 heavy (non-hydrogen) atoms. The van der Waals surface area contributed by atoms with E-state index in [0.29, 0.717) is 29.7 Å². The second kappa shape index (κ2) is 9.04. The number of hydrogen-bond acceptors (Lipinski definition) is 5. The first kappa shape index (κ1) is 19.5. The van der Waals surface area contributed by atoms with Crippen LogP contribution in [0.25, 0.3) is 0 Å². The second-order valence-corrected chi connectivity index (χ2v) is 6.16. The molecule has 2 aromatic carbocycles. The van der Waals surface area contributed by atoms with E-state index < -0.39 is 0 Å². The number of benzene rings is 2. The zero-order valence-electron chi connectivity index (χ0n) is 15.5. The number of para-hydroxylation sites is 1. The minimum Gasteiger partial charge on any atom is -0.508 e. The van der Waals surface area contributed by atoms with Gasteiger partial charge >= 0.3 is 0 Å². The monoisotopic (exact) mass is 354 g/mol. The molecule has 138 valence electrons. The molecule has 0 aliphatic rings. The van der Waals surface area contributed by atoms with E-state index in [1.165, 1.54) is 6.07 Å². The van der Waals surface area contributed by atoms with Crippen LogP contribution in [0.1, 0.15) is 37.8 Å². The van der Waals surface area contributed by atoms with Crippen molar-refractivity contribution in [2.45, 2.75) is 39.7 Å². The van der Waals surface area contributed by atoms with E-state index in [2.05, 4.69) is 10.3 Å². The summed E-state index contributed by atoms with van der Waals surface area (Å²) in [6.07, 6.45) is 1.24. The summed E-state index contributed by atoms with van der Waals surface area (Å²) >= 11 is 0. The lowest BCUT2D eigenvalue weighted by atomic mass is 10.0. The number of anilines is 1. The molecule has 0 saturated carbocycles. The molecule has 0 aromatic heterocycles. The number of rotatable bonds is 8. The summed E-state index contributed by atoms with van der Waals surface area (Å²) in [6.45, 7) is 5.56. The number of phenols is 2. The van der Waals surface area contributed by atoms with Crippen LogP contribution in [0.4, 0.5) is 5.69 Å². The minimum absolute atomic E-state index is 0.00251. The van der Waals surface area contributed by atoms with Crippen molar-refractivity contribution in [3.8, 4) is 11.5 Å². The fourth-order valence-corrected chi connectivity index (χ4v) is 2.74. The molecule has 2 aromatic rings. The molecule has 0 amide bonds. The average molecular weight is 354 g/mol. The fourth-order valence-electron chi connectivity index (χ4n) is 2.74. The number of aromatic hydroxyl groups is 2. The van der Waals surface area contributed by atoms with Gasteiger partial charge in [0, 0.05) is 22.5 Å². The molecule has 0 saturated heterocycles. The summed E-state index contributed by atoms with van der Waals surface area (Å²) in [6, 6.07) is 12.5. The second-order valence-electron chi connectivity index (χ2n) is 6.16. The van der Waals surface area contributed by atoms with Gasteiger partial charge in [0.05, 0.1) is 6.04 Å². The predicted molar refractivity (Wildman–Crippen MR) is 105 cm³/mol. The SMILES string of the molecule is CCC(=NCC(=O)C(CC)Nc1ccccc1)c1ccc(O)c(C)c1O. The molecule has 0 bridgehead atoms. The number of nitrogens with zero attached hydrogens (tertiary/aromatic N) is 1. The Labute approximate surface area is 154 Å². The summed E-state index contributed by atoms with van der Waals surface area (Å²) in [5.74, 6) is 0.0423. The van der Waals surface area contributed by atoms with E-state index in [0.717, 1.165) is 5.69 Å². The van der Waals surface area contributed by atoms with Crippen molar-refractivity contribution in [3.63, 3.8) is 0 Å². The van der Waals surface area contributed by atoms with Crippen LogP contribution in [0.3, 0.4) is 0 Å². The van der Waals surface area contributed by atoms with Gasteiger partial charge in [-0.15, -0.1) is 0 Å². The number of nitrogens with one attached hydrogen (secondary N) is 1. The predicted octanol–water partition coefficient (Wildman–Crippen LogP) is 4.07. The standard InChI is InChI=1S/C21H26N2O3/c1-4-17(16-11-12-19(24)14(3)21(16)26)22-13-20(25)18(5-2)23-15-9-7-6-8-10-15/h6-12,18,23-24,26H,4-5,13H2,1-3H3. The lowest BCUT2D eigenvalue weighted by molar-refractivity contribution is -0.118. The Hall–Kier alpha value is -2.82. The highest BCUT2D eigenvalue weighted by Gasteiger charge is 2.17. The lowest BCUT2D eigenvalue weighted by Gasteiger charge is -2.16. The highest BCUT2D eigenvalue weighted by molar-refractivity contribution is 6.04. The molecule has 0 radical (unpaired) electrons.